The van der Waals surface area contributed by atoms with E-state index >= 15 is 0 Å². The third-order valence-corrected chi connectivity index (χ3v) is 9.22. The molecule has 3 heterocycles. The number of aromatic carboxylic acids is 1. The molecule has 6 N–H and O–H groups in total. The van der Waals surface area contributed by atoms with E-state index in [1.165, 1.54) is 66.9 Å². The van der Waals surface area contributed by atoms with E-state index in [1.54, 1.807) is 6.08 Å². The molecule has 2 amide bonds. The summed E-state index contributed by atoms with van der Waals surface area (Å²) in [6.45, 7) is -0.0271. The van der Waals surface area contributed by atoms with Gasteiger partial charge in [0.2, 0.25) is 5.91 Å². The summed E-state index contributed by atoms with van der Waals surface area (Å²) in [5.74, 6) is -2.14. The first-order chi connectivity index (χ1) is 26.4. The lowest BCUT2D eigenvalue weighted by atomic mass is 9.90. The van der Waals surface area contributed by atoms with Crippen LogP contribution in [0.1, 0.15) is 64.6 Å². The Morgan fingerprint density at radius 3 is 2.55 bits per heavy atom. The topological polar surface area (TPSA) is 253 Å². The molecule has 0 radical (unpaired) electrons. The minimum absolute atomic E-state index is 0.0622. The first-order valence-corrected chi connectivity index (χ1v) is 17.5. The van der Waals surface area contributed by atoms with Gasteiger partial charge in [0.1, 0.15) is 23.7 Å². The van der Waals surface area contributed by atoms with E-state index in [-0.39, 0.29) is 76.6 Å². The molecule has 3 atom stereocenters. The zero-order chi connectivity index (χ0) is 39.2. The Labute approximate surface area is 311 Å². The van der Waals surface area contributed by atoms with Crippen molar-refractivity contribution in [3.05, 3.63) is 115 Å². The van der Waals surface area contributed by atoms with Gasteiger partial charge in [-0.3, -0.25) is 28.7 Å². The first kappa shape index (κ1) is 38.4. The molecular formula is C39H37N4O12-. The highest BCUT2D eigenvalue weighted by atomic mass is 16.5. The van der Waals surface area contributed by atoms with Crippen LogP contribution in [0.3, 0.4) is 0 Å². The molecule has 0 unspecified atom stereocenters. The average Bonchev–Trinajstić information content (AvgIpc) is 3.53. The number of hydrogen-bond donors (Lipinski definition) is 6. The van der Waals surface area contributed by atoms with Gasteiger partial charge in [0.25, 0.3) is 11.5 Å². The summed E-state index contributed by atoms with van der Waals surface area (Å²) < 4.78 is 12.4. The standard InChI is InChI=1S/C39H38N4O12/c44-20-32-29(47)18-34(55-32)43-19-22(37(50)42-39(43)53)5-4-14-40-33(48)6-2-1-3-13-41-36(49)21-7-10-25(28(15-21)38(51)52)35-26-11-8-23(45)16-30(26)54-31-17-24(46)9-12-27(31)35/h4-5,7-12,15-17,19,29,32,34,44-45,47H,1-3,6,13-14,18,20H2,(H,40,48)(H,41,49)(H,51,52)(H,42,50,53)/p-1/b5-4+/t29-,32+,34+/m0/s1. The summed E-state index contributed by atoms with van der Waals surface area (Å²) in [5, 5.41) is 47.4. The third-order valence-electron chi connectivity index (χ3n) is 9.22. The summed E-state index contributed by atoms with van der Waals surface area (Å²) in [4.78, 5) is 76.6. The first-order valence-electron chi connectivity index (χ1n) is 17.5. The largest absolute Gasteiger partial charge is 0.872 e. The summed E-state index contributed by atoms with van der Waals surface area (Å²) in [7, 11) is 0. The maximum atomic E-state index is 13.0. The number of ether oxygens (including phenoxy) is 1. The Hall–Kier alpha value is -6.36. The molecule has 55 heavy (non-hydrogen) atoms. The molecule has 6 rings (SSSR count). The fourth-order valence-corrected chi connectivity index (χ4v) is 6.44. The number of H-pyrrole nitrogens is 1. The fourth-order valence-electron chi connectivity index (χ4n) is 6.44. The number of amides is 2. The highest BCUT2D eigenvalue weighted by molar-refractivity contribution is 6.09. The molecular weight excluding hydrogens is 716 g/mol. The fraction of sp³-hybridized carbons (Fsp3) is 0.282. The SMILES string of the molecule is O=C(CCCCCNC(=O)c1ccc(-c2c3ccc(=O)cc-3oc3cc([O-])ccc23)c(C(=O)O)c1)NC/C=C/c1cn([C@H]2C[C@H](O)[C@@H](CO)O2)c(=O)[nH]c1=O. The number of aromatic nitrogens is 2. The van der Waals surface area contributed by atoms with Crippen molar-refractivity contribution in [2.75, 3.05) is 19.7 Å². The minimum atomic E-state index is -1.28. The molecule has 0 saturated carbocycles. The zero-order valence-corrected chi connectivity index (χ0v) is 29.3. The van der Waals surface area contributed by atoms with Crippen molar-refractivity contribution in [2.24, 2.45) is 0 Å². The van der Waals surface area contributed by atoms with Crippen LogP contribution in [0.5, 0.6) is 5.75 Å². The van der Waals surface area contributed by atoms with Gasteiger partial charge in [0, 0.05) is 60.3 Å². The normalized spacial score (nSPS) is 16.9. The predicted molar refractivity (Wildman–Crippen MR) is 197 cm³/mol. The maximum Gasteiger partial charge on any atom is 0.336 e. The second-order valence-electron chi connectivity index (χ2n) is 13.0. The Balaban J connectivity index is 0.990. The number of nitrogens with zero attached hydrogens (tertiary/aromatic N) is 1. The number of aliphatic hydroxyl groups is 2. The van der Waals surface area contributed by atoms with E-state index in [9.17, 15) is 49.2 Å². The number of nitrogens with one attached hydrogen (secondary N) is 3. The van der Waals surface area contributed by atoms with Gasteiger partial charge in [-0.15, -0.1) is 5.75 Å². The number of benzene rings is 3. The number of carbonyl (C=O) groups is 3. The maximum absolute atomic E-state index is 13.0. The molecule has 1 aliphatic carbocycles. The molecule has 16 nitrogen and oxygen atoms in total. The Morgan fingerprint density at radius 2 is 1.78 bits per heavy atom. The van der Waals surface area contributed by atoms with Crippen molar-refractivity contribution in [3.63, 3.8) is 0 Å². The highest BCUT2D eigenvalue weighted by Gasteiger charge is 2.35. The van der Waals surface area contributed by atoms with Crippen LogP contribution in [-0.2, 0) is 9.53 Å². The minimum Gasteiger partial charge on any atom is -0.872 e. The van der Waals surface area contributed by atoms with Gasteiger partial charge in [0.05, 0.1) is 23.8 Å². The summed E-state index contributed by atoms with van der Waals surface area (Å²) in [5.41, 5.74) is -0.242. The molecule has 1 aromatic heterocycles. The Kier molecular flexibility index (Phi) is 11.7. The number of aliphatic hydroxyl groups excluding tert-OH is 2. The van der Waals surface area contributed by atoms with Crippen LogP contribution in [0, 0.1) is 0 Å². The van der Waals surface area contributed by atoms with Gasteiger partial charge >= 0.3 is 11.7 Å². The van der Waals surface area contributed by atoms with E-state index < -0.39 is 48.2 Å². The summed E-state index contributed by atoms with van der Waals surface area (Å²) >= 11 is 0. The van der Waals surface area contributed by atoms with Gasteiger partial charge in [0.15, 0.2) is 5.43 Å². The molecule has 3 aliphatic rings. The molecule has 16 heteroatoms. The lowest BCUT2D eigenvalue weighted by Crippen LogP contribution is -2.33. The molecule has 1 saturated heterocycles. The quantitative estimate of drug-likeness (QED) is 0.0703. The number of carbonyl (C=O) groups excluding carboxylic acids is 2. The van der Waals surface area contributed by atoms with E-state index in [0.717, 1.165) is 4.57 Å². The number of fused-ring (bicyclic) bond motifs is 2. The van der Waals surface area contributed by atoms with Crippen molar-refractivity contribution < 1.29 is 44.0 Å². The van der Waals surface area contributed by atoms with Crippen molar-refractivity contribution in [1.82, 2.24) is 20.2 Å². The van der Waals surface area contributed by atoms with Gasteiger partial charge in [-0.05, 0) is 48.7 Å². The van der Waals surface area contributed by atoms with E-state index in [1.807, 2.05) is 0 Å². The summed E-state index contributed by atoms with van der Waals surface area (Å²) in [6.07, 6.45) is 3.59. The van der Waals surface area contributed by atoms with Gasteiger partial charge in [-0.25, -0.2) is 9.59 Å². The molecule has 2 aliphatic heterocycles. The van der Waals surface area contributed by atoms with Crippen LogP contribution in [0.4, 0.5) is 0 Å². The van der Waals surface area contributed by atoms with Gasteiger partial charge < -0.3 is 40.2 Å². The van der Waals surface area contributed by atoms with Crippen molar-refractivity contribution in [3.8, 4) is 28.2 Å². The molecule has 3 aromatic rings. The Morgan fingerprint density at radius 1 is 0.982 bits per heavy atom. The smallest absolute Gasteiger partial charge is 0.336 e. The number of hydrogen-bond acceptors (Lipinski definition) is 11. The van der Waals surface area contributed by atoms with Crippen LogP contribution in [0.15, 0.2) is 85.7 Å². The second-order valence-corrected chi connectivity index (χ2v) is 13.0. The van der Waals surface area contributed by atoms with Crippen LogP contribution in [0.2, 0.25) is 0 Å². The van der Waals surface area contributed by atoms with Gasteiger partial charge in [-0.1, -0.05) is 36.8 Å². The zero-order valence-electron chi connectivity index (χ0n) is 29.3. The van der Waals surface area contributed by atoms with Gasteiger partial charge in [-0.2, -0.15) is 0 Å². The molecule has 286 valence electrons. The molecule has 1 fully saturated rings. The van der Waals surface area contributed by atoms with Crippen LogP contribution in [0.25, 0.3) is 39.5 Å². The van der Waals surface area contributed by atoms with Crippen LogP contribution in [-0.4, -0.2) is 74.6 Å². The number of rotatable bonds is 14. The Bertz CT molecular complexity index is 2430. The van der Waals surface area contributed by atoms with Crippen molar-refractivity contribution >= 4 is 34.8 Å². The highest BCUT2D eigenvalue weighted by Crippen LogP contribution is 2.42. The van der Waals surface area contributed by atoms with Crippen LogP contribution >= 0.6 is 0 Å². The molecule has 0 bridgehead atoms. The second kappa shape index (κ2) is 16.8. The molecule has 2 aromatic carbocycles. The van der Waals surface area contributed by atoms with E-state index in [2.05, 4.69) is 15.6 Å². The van der Waals surface area contributed by atoms with Crippen molar-refractivity contribution in [1.29, 1.82) is 0 Å². The summed E-state index contributed by atoms with van der Waals surface area (Å²) in [6, 6.07) is 12.5. The third kappa shape index (κ3) is 8.73. The van der Waals surface area contributed by atoms with E-state index in [4.69, 9.17) is 9.15 Å². The predicted octanol–water partition coefficient (Wildman–Crippen LogP) is 1.95. The van der Waals surface area contributed by atoms with E-state index in [0.29, 0.717) is 35.8 Å². The van der Waals surface area contributed by atoms with Crippen LogP contribution < -0.4 is 32.4 Å². The van der Waals surface area contributed by atoms with Crippen molar-refractivity contribution in [2.45, 2.75) is 50.5 Å². The number of aromatic amines is 1. The number of carboxylic acids is 1. The number of unbranched alkanes of at least 4 members (excludes halogenated alkanes) is 2. The average molecular weight is 754 g/mol. The molecule has 0 spiro atoms. The lowest BCUT2D eigenvalue weighted by Gasteiger charge is -2.18. The lowest BCUT2D eigenvalue weighted by molar-refractivity contribution is -0.268. The monoisotopic (exact) mass is 753 g/mol. The number of carboxylic acid groups (broad SMARTS) is 1.